The van der Waals surface area contributed by atoms with Gasteiger partial charge >= 0.3 is 0 Å². The van der Waals surface area contributed by atoms with E-state index in [1.807, 2.05) is 44.2 Å². The normalized spacial score (nSPS) is 10.9. The number of nitrogens with zero attached hydrogens (tertiary/aromatic N) is 3. The molecular formula is C15H14N4S. The lowest BCUT2D eigenvalue weighted by atomic mass is 10.2. The number of benzene rings is 1. The number of aromatic nitrogens is 3. The average Bonchev–Trinajstić information content (AvgIpc) is 2.41. The molecule has 100 valence electrons. The summed E-state index contributed by atoms with van der Waals surface area (Å²) in [6.07, 6.45) is 1.69. The molecule has 0 aliphatic heterocycles. The molecule has 2 aromatic heterocycles. The summed E-state index contributed by atoms with van der Waals surface area (Å²) < 4.78 is 0. The molecule has 20 heavy (non-hydrogen) atoms. The summed E-state index contributed by atoms with van der Waals surface area (Å²) in [5.74, 6) is 0. The molecule has 4 nitrogen and oxygen atoms in total. The number of hydrogen-bond donors (Lipinski definition) is 1. The number of aryl methyl sites for hydroxylation is 2. The van der Waals surface area contributed by atoms with E-state index in [2.05, 4.69) is 15.0 Å². The summed E-state index contributed by atoms with van der Waals surface area (Å²) in [4.78, 5) is 14.2. The van der Waals surface area contributed by atoms with Crippen LogP contribution in [0.25, 0.3) is 10.9 Å². The van der Waals surface area contributed by atoms with Gasteiger partial charge in [0.2, 0.25) is 0 Å². The van der Waals surface area contributed by atoms with Crippen molar-refractivity contribution < 1.29 is 0 Å². The third-order valence-corrected chi connectivity index (χ3v) is 3.93. The van der Waals surface area contributed by atoms with Gasteiger partial charge in [0.15, 0.2) is 5.16 Å². The summed E-state index contributed by atoms with van der Waals surface area (Å²) in [6, 6.07) is 9.89. The van der Waals surface area contributed by atoms with Crippen LogP contribution in [0.3, 0.4) is 0 Å². The summed E-state index contributed by atoms with van der Waals surface area (Å²) in [6.45, 7) is 3.93. The van der Waals surface area contributed by atoms with Crippen LogP contribution in [0.5, 0.6) is 0 Å². The Labute approximate surface area is 121 Å². The van der Waals surface area contributed by atoms with Crippen molar-refractivity contribution in [1.82, 2.24) is 15.0 Å². The van der Waals surface area contributed by atoms with Crippen molar-refractivity contribution in [3.8, 4) is 0 Å². The molecule has 1 aromatic carbocycles. The highest BCUT2D eigenvalue weighted by molar-refractivity contribution is 7.99. The van der Waals surface area contributed by atoms with Gasteiger partial charge in [-0.05, 0) is 37.7 Å². The molecule has 0 saturated carbocycles. The number of nitrogen functional groups attached to an aromatic ring is 1. The van der Waals surface area contributed by atoms with Gasteiger partial charge in [-0.15, -0.1) is 0 Å². The lowest BCUT2D eigenvalue weighted by Crippen LogP contribution is -1.96. The molecule has 0 aliphatic carbocycles. The third-order valence-electron chi connectivity index (χ3n) is 2.91. The fourth-order valence-corrected chi connectivity index (χ4v) is 3.09. The number of rotatable bonds is 2. The molecule has 3 aromatic rings. The van der Waals surface area contributed by atoms with Crippen molar-refractivity contribution in [3.05, 3.63) is 47.9 Å². The first-order chi connectivity index (χ1) is 9.63. The Kier molecular flexibility index (Phi) is 3.28. The minimum absolute atomic E-state index is 0.649. The van der Waals surface area contributed by atoms with E-state index in [4.69, 9.17) is 5.73 Å². The van der Waals surface area contributed by atoms with Gasteiger partial charge in [0.1, 0.15) is 0 Å². The molecule has 2 N–H and O–H groups in total. The lowest BCUT2D eigenvalue weighted by molar-refractivity contribution is 0.902. The highest BCUT2D eigenvalue weighted by Crippen LogP contribution is 2.35. The van der Waals surface area contributed by atoms with Gasteiger partial charge in [0, 0.05) is 21.7 Å². The van der Waals surface area contributed by atoms with E-state index < -0.39 is 0 Å². The largest absolute Gasteiger partial charge is 0.397 e. The predicted octanol–water partition coefficient (Wildman–Crippen LogP) is 3.38. The molecular weight excluding hydrogens is 268 g/mol. The number of para-hydroxylation sites is 1. The fraction of sp³-hybridized carbons (Fsp3) is 0.133. The molecule has 0 aliphatic rings. The minimum atomic E-state index is 0.649. The van der Waals surface area contributed by atoms with Crippen LogP contribution in [-0.2, 0) is 0 Å². The zero-order valence-electron chi connectivity index (χ0n) is 11.3. The lowest BCUT2D eigenvalue weighted by Gasteiger charge is -2.08. The van der Waals surface area contributed by atoms with Crippen LogP contribution in [0.1, 0.15) is 11.4 Å². The summed E-state index contributed by atoms with van der Waals surface area (Å²) in [7, 11) is 0. The number of hydrogen-bond acceptors (Lipinski definition) is 5. The SMILES string of the molecule is Cc1cc(C)nc(Sc2c(N)cnc3ccccc23)n1. The maximum absolute atomic E-state index is 6.07. The molecule has 0 atom stereocenters. The maximum Gasteiger partial charge on any atom is 0.192 e. The maximum atomic E-state index is 6.07. The van der Waals surface area contributed by atoms with Crippen LogP contribution in [0, 0.1) is 13.8 Å². The summed E-state index contributed by atoms with van der Waals surface area (Å²) in [5, 5.41) is 1.74. The fourth-order valence-electron chi connectivity index (χ4n) is 2.08. The van der Waals surface area contributed by atoms with Crippen molar-refractivity contribution in [1.29, 1.82) is 0 Å². The summed E-state index contributed by atoms with van der Waals surface area (Å²) >= 11 is 1.48. The van der Waals surface area contributed by atoms with Crippen molar-refractivity contribution in [2.75, 3.05) is 5.73 Å². The van der Waals surface area contributed by atoms with Gasteiger partial charge in [-0.3, -0.25) is 4.98 Å². The highest BCUT2D eigenvalue weighted by Gasteiger charge is 2.10. The Hall–Kier alpha value is -2.14. The first-order valence-corrected chi connectivity index (χ1v) is 7.08. The molecule has 0 fully saturated rings. The van der Waals surface area contributed by atoms with Crippen molar-refractivity contribution in [3.63, 3.8) is 0 Å². The van der Waals surface area contributed by atoms with Gasteiger partial charge < -0.3 is 5.73 Å². The van der Waals surface area contributed by atoms with Crippen molar-refractivity contribution in [2.45, 2.75) is 23.9 Å². The monoisotopic (exact) mass is 282 g/mol. The topological polar surface area (TPSA) is 64.7 Å². The average molecular weight is 282 g/mol. The zero-order chi connectivity index (χ0) is 14.1. The molecule has 0 saturated heterocycles. The standard InChI is InChI=1S/C15H14N4S/c1-9-7-10(2)19-15(18-9)20-14-11-5-3-4-6-13(11)17-8-12(14)16/h3-8H,16H2,1-2H3. The van der Waals surface area contributed by atoms with Gasteiger partial charge in [-0.25, -0.2) is 9.97 Å². The van der Waals surface area contributed by atoms with E-state index in [1.165, 1.54) is 11.8 Å². The second-order valence-corrected chi connectivity index (χ2v) is 5.57. The Bertz CT molecular complexity index is 766. The molecule has 0 radical (unpaired) electrons. The van der Waals surface area contributed by atoms with Crippen molar-refractivity contribution in [2.24, 2.45) is 0 Å². The van der Waals surface area contributed by atoms with E-state index in [0.717, 1.165) is 27.2 Å². The van der Waals surface area contributed by atoms with Gasteiger partial charge in [-0.1, -0.05) is 18.2 Å². The number of pyridine rings is 1. The Morgan fingerprint density at radius 2 is 1.75 bits per heavy atom. The molecule has 0 unspecified atom stereocenters. The van der Waals surface area contributed by atoms with Gasteiger partial charge in [0.05, 0.1) is 17.4 Å². The van der Waals surface area contributed by atoms with E-state index in [1.54, 1.807) is 6.20 Å². The first kappa shape index (κ1) is 12.9. The molecule has 2 heterocycles. The Balaban J connectivity index is 2.12. The minimum Gasteiger partial charge on any atom is -0.397 e. The number of fused-ring (bicyclic) bond motifs is 1. The van der Waals surface area contributed by atoms with Crippen LogP contribution in [0.4, 0.5) is 5.69 Å². The molecule has 0 bridgehead atoms. The van der Waals surface area contributed by atoms with Gasteiger partial charge in [-0.2, -0.15) is 0 Å². The first-order valence-electron chi connectivity index (χ1n) is 6.27. The smallest absolute Gasteiger partial charge is 0.192 e. The van der Waals surface area contributed by atoms with Crippen molar-refractivity contribution >= 4 is 28.4 Å². The molecule has 0 spiro atoms. The van der Waals surface area contributed by atoms with E-state index in [0.29, 0.717) is 10.8 Å². The molecule has 5 heteroatoms. The van der Waals surface area contributed by atoms with E-state index in [-0.39, 0.29) is 0 Å². The quantitative estimate of drug-likeness (QED) is 0.730. The second-order valence-electron chi connectivity index (χ2n) is 4.60. The second kappa shape index (κ2) is 5.09. The molecule has 3 rings (SSSR count). The highest BCUT2D eigenvalue weighted by atomic mass is 32.2. The number of nitrogens with two attached hydrogens (primary N) is 1. The Morgan fingerprint density at radius 3 is 2.50 bits per heavy atom. The van der Waals surface area contributed by atoms with Crippen LogP contribution >= 0.6 is 11.8 Å². The van der Waals surface area contributed by atoms with Crippen LogP contribution in [0.2, 0.25) is 0 Å². The Morgan fingerprint density at radius 1 is 1.05 bits per heavy atom. The molecule has 0 amide bonds. The van der Waals surface area contributed by atoms with Gasteiger partial charge in [0.25, 0.3) is 0 Å². The van der Waals surface area contributed by atoms with E-state index >= 15 is 0 Å². The predicted molar refractivity (Wildman–Crippen MR) is 81.8 cm³/mol. The van der Waals surface area contributed by atoms with Crippen LogP contribution in [-0.4, -0.2) is 15.0 Å². The number of anilines is 1. The zero-order valence-corrected chi connectivity index (χ0v) is 12.1. The van der Waals surface area contributed by atoms with Crippen LogP contribution < -0.4 is 5.73 Å². The third kappa shape index (κ3) is 2.44. The van der Waals surface area contributed by atoms with Crippen LogP contribution in [0.15, 0.2) is 46.6 Å². The van der Waals surface area contributed by atoms with E-state index in [9.17, 15) is 0 Å². The summed E-state index contributed by atoms with van der Waals surface area (Å²) in [5.41, 5.74) is 9.56.